The number of aromatic nitrogens is 2. The van der Waals surface area contributed by atoms with Crippen molar-refractivity contribution in [2.45, 2.75) is 31.2 Å². The van der Waals surface area contributed by atoms with Gasteiger partial charge in [0.25, 0.3) is 5.56 Å². The first-order chi connectivity index (χ1) is 11.9. The van der Waals surface area contributed by atoms with E-state index in [0.717, 1.165) is 16.8 Å². The van der Waals surface area contributed by atoms with Crippen molar-refractivity contribution in [2.24, 2.45) is 7.05 Å². The number of rotatable bonds is 4. The Hall–Kier alpha value is -2.12. The van der Waals surface area contributed by atoms with Crippen molar-refractivity contribution in [3.63, 3.8) is 0 Å². The van der Waals surface area contributed by atoms with Crippen molar-refractivity contribution in [3.8, 4) is 0 Å². The van der Waals surface area contributed by atoms with Gasteiger partial charge in [0, 0.05) is 12.7 Å². The lowest BCUT2D eigenvalue weighted by Crippen LogP contribution is -2.25. The van der Waals surface area contributed by atoms with Crippen LogP contribution >= 0.6 is 23.1 Å². The van der Waals surface area contributed by atoms with E-state index in [-0.39, 0.29) is 16.7 Å². The van der Waals surface area contributed by atoms with Gasteiger partial charge in [0.1, 0.15) is 4.83 Å². The molecule has 0 bridgehead atoms. The third kappa shape index (κ3) is 3.62. The molecule has 3 rings (SSSR count). The van der Waals surface area contributed by atoms with Crippen LogP contribution in [-0.4, -0.2) is 20.7 Å². The second-order valence-electron chi connectivity index (χ2n) is 5.97. The summed E-state index contributed by atoms with van der Waals surface area (Å²) in [6, 6.07) is 7.73. The van der Waals surface area contributed by atoms with Gasteiger partial charge in [-0.1, -0.05) is 23.9 Å². The van der Waals surface area contributed by atoms with Gasteiger partial charge >= 0.3 is 0 Å². The number of carbonyl (C=O) groups excluding carboxylic acids is 1. The Bertz CT molecular complexity index is 1010. The molecule has 1 amide bonds. The molecule has 0 radical (unpaired) electrons. The van der Waals surface area contributed by atoms with Gasteiger partial charge in [-0.25, -0.2) is 4.98 Å². The molecule has 1 atom stereocenters. The zero-order chi connectivity index (χ0) is 18.1. The maximum Gasteiger partial charge on any atom is 0.262 e. The van der Waals surface area contributed by atoms with E-state index in [1.165, 1.54) is 27.7 Å². The molecule has 0 saturated heterocycles. The smallest absolute Gasteiger partial charge is 0.262 e. The number of nitrogens with one attached hydrogen (secondary N) is 1. The van der Waals surface area contributed by atoms with Gasteiger partial charge < -0.3 is 5.32 Å². The lowest BCUT2D eigenvalue weighted by molar-refractivity contribution is -0.115. The van der Waals surface area contributed by atoms with Crippen LogP contribution in [0.15, 0.2) is 39.6 Å². The number of thioether (sulfide) groups is 1. The average Bonchev–Trinajstić information content (AvgIpc) is 3.04. The first-order valence-corrected chi connectivity index (χ1v) is 9.61. The first kappa shape index (κ1) is 17.7. The fourth-order valence-electron chi connectivity index (χ4n) is 2.40. The van der Waals surface area contributed by atoms with E-state index >= 15 is 0 Å². The molecule has 1 unspecified atom stereocenters. The summed E-state index contributed by atoms with van der Waals surface area (Å²) < 4.78 is 1.50. The van der Waals surface area contributed by atoms with Crippen molar-refractivity contribution in [1.82, 2.24) is 9.55 Å². The highest BCUT2D eigenvalue weighted by Gasteiger charge is 2.19. The van der Waals surface area contributed by atoms with E-state index in [2.05, 4.69) is 10.3 Å². The molecule has 0 aliphatic carbocycles. The van der Waals surface area contributed by atoms with Crippen LogP contribution in [0.1, 0.15) is 18.1 Å². The zero-order valence-corrected chi connectivity index (χ0v) is 16.1. The minimum absolute atomic E-state index is 0.0871. The van der Waals surface area contributed by atoms with Crippen LogP contribution in [-0.2, 0) is 11.8 Å². The number of carbonyl (C=O) groups is 1. The van der Waals surface area contributed by atoms with Gasteiger partial charge in [0.05, 0.1) is 10.6 Å². The maximum absolute atomic E-state index is 12.5. The summed E-state index contributed by atoms with van der Waals surface area (Å²) in [6.07, 6.45) is 0. The highest BCUT2D eigenvalue weighted by Crippen LogP contribution is 2.25. The van der Waals surface area contributed by atoms with Gasteiger partial charge in [0.2, 0.25) is 5.91 Å². The van der Waals surface area contributed by atoms with Crippen molar-refractivity contribution in [2.75, 3.05) is 5.32 Å². The third-order valence-electron chi connectivity index (χ3n) is 3.97. The quantitative estimate of drug-likeness (QED) is 0.559. The fraction of sp³-hybridized carbons (Fsp3) is 0.278. The largest absolute Gasteiger partial charge is 0.325 e. The first-order valence-electron chi connectivity index (χ1n) is 7.86. The molecule has 0 aliphatic rings. The minimum Gasteiger partial charge on any atom is -0.325 e. The minimum atomic E-state index is -0.379. The number of hydrogen-bond donors (Lipinski definition) is 1. The van der Waals surface area contributed by atoms with Gasteiger partial charge in [-0.3, -0.25) is 14.2 Å². The molecule has 2 aromatic heterocycles. The molecule has 3 aromatic rings. The lowest BCUT2D eigenvalue weighted by Gasteiger charge is -2.15. The zero-order valence-electron chi connectivity index (χ0n) is 14.5. The van der Waals surface area contributed by atoms with Crippen LogP contribution in [0.3, 0.4) is 0 Å². The number of hydrogen-bond acceptors (Lipinski definition) is 5. The summed E-state index contributed by atoms with van der Waals surface area (Å²) in [6.45, 7) is 5.77. The van der Waals surface area contributed by atoms with Crippen LogP contribution in [0, 0.1) is 13.8 Å². The summed E-state index contributed by atoms with van der Waals surface area (Å²) in [5.74, 6) is -0.112. The molecule has 0 fully saturated rings. The van der Waals surface area contributed by atoms with Gasteiger partial charge in [-0.2, -0.15) is 0 Å². The summed E-state index contributed by atoms with van der Waals surface area (Å²) in [7, 11) is 1.68. The highest BCUT2D eigenvalue weighted by atomic mass is 32.2. The molecular formula is C18H19N3O2S2. The molecule has 1 aromatic carbocycles. The lowest BCUT2D eigenvalue weighted by atomic mass is 10.1. The van der Waals surface area contributed by atoms with Gasteiger partial charge in [0.15, 0.2) is 5.16 Å². The normalized spacial score (nSPS) is 12.3. The molecule has 25 heavy (non-hydrogen) atoms. The molecule has 2 heterocycles. The van der Waals surface area contributed by atoms with Crippen LogP contribution in [0.5, 0.6) is 0 Å². The van der Waals surface area contributed by atoms with E-state index in [1.54, 1.807) is 13.1 Å². The van der Waals surface area contributed by atoms with Crippen LogP contribution in [0.4, 0.5) is 5.69 Å². The van der Waals surface area contributed by atoms with Crippen molar-refractivity contribution in [1.29, 1.82) is 0 Å². The van der Waals surface area contributed by atoms with Crippen molar-refractivity contribution >= 4 is 44.9 Å². The van der Waals surface area contributed by atoms with E-state index in [0.29, 0.717) is 15.4 Å². The summed E-state index contributed by atoms with van der Waals surface area (Å²) >= 11 is 2.71. The second-order valence-corrected chi connectivity index (χ2v) is 8.17. The standard InChI is InChI=1S/C18H19N3O2S2/c1-10-5-6-11(2)14(9-10)19-15(22)12(3)25-18-20-16-13(7-8-24-16)17(23)21(18)4/h5-9,12H,1-4H3,(H,19,22). The van der Waals surface area contributed by atoms with Crippen LogP contribution in [0.25, 0.3) is 10.2 Å². The van der Waals surface area contributed by atoms with E-state index < -0.39 is 0 Å². The molecular weight excluding hydrogens is 354 g/mol. The monoisotopic (exact) mass is 373 g/mol. The second kappa shape index (κ2) is 7.01. The number of amides is 1. The Morgan fingerprint density at radius 1 is 1.32 bits per heavy atom. The van der Waals surface area contributed by atoms with E-state index in [4.69, 9.17) is 0 Å². The predicted octanol–water partition coefficient (Wildman–Crippen LogP) is 3.73. The molecule has 1 N–H and O–H groups in total. The predicted molar refractivity (Wildman–Crippen MR) is 105 cm³/mol. The molecule has 130 valence electrons. The van der Waals surface area contributed by atoms with Gasteiger partial charge in [-0.15, -0.1) is 11.3 Å². The molecule has 7 heteroatoms. The number of benzene rings is 1. The van der Waals surface area contributed by atoms with Crippen LogP contribution in [0.2, 0.25) is 0 Å². The summed E-state index contributed by atoms with van der Waals surface area (Å²) in [5, 5.41) is 5.60. The Labute approximate surface area is 154 Å². The number of thiophene rings is 1. The molecule has 0 saturated carbocycles. The number of nitrogens with zero attached hydrogens (tertiary/aromatic N) is 2. The Kier molecular flexibility index (Phi) is 4.96. The Balaban J connectivity index is 1.81. The third-order valence-corrected chi connectivity index (χ3v) is 5.92. The summed E-state index contributed by atoms with van der Waals surface area (Å²) in [4.78, 5) is 30.1. The van der Waals surface area contributed by atoms with Crippen molar-refractivity contribution < 1.29 is 4.79 Å². The van der Waals surface area contributed by atoms with Crippen molar-refractivity contribution in [3.05, 3.63) is 51.1 Å². The SMILES string of the molecule is Cc1ccc(C)c(NC(=O)C(C)Sc2nc3sccc3c(=O)n2C)c1. The van der Waals surface area contributed by atoms with Crippen LogP contribution < -0.4 is 10.9 Å². The maximum atomic E-state index is 12.5. The van der Waals surface area contributed by atoms with E-state index in [9.17, 15) is 9.59 Å². The Morgan fingerprint density at radius 2 is 2.08 bits per heavy atom. The molecule has 5 nitrogen and oxygen atoms in total. The van der Waals surface area contributed by atoms with Gasteiger partial charge in [-0.05, 0) is 49.4 Å². The number of aryl methyl sites for hydroxylation is 2. The highest BCUT2D eigenvalue weighted by molar-refractivity contribution is 8.00. The average molecular weight is 374 g/mol. The number of fused-ring (bicyclic) bond motifs is 1. The molecule has 0 aliphatic heterocycles. The number of anilines is 1. The fourth-order valence-corrected chi connectivity index (χ4v) is 4.08. The summed E-state index contributed by atoms with van der Waals surface area (Å²) in [5.41, 5.74) is 2.83. The van der Waals surface area contributed by atoms with E-state index in [1.807, 2.05) is 44.4 Å². The Morgan fingerprint density at radius 3 is 2.84 bits per heavy atom. The molecule has 0 spiro atoms. The topological polar surface area (TPSA) is 64.0 Å².